The minimum atomic E-state index is -2.94. The van der Waals surface area contributed by atoms with Gasteiger partial charge in [0.05, 0.1) is 22.7 Å². The number of methoxy groups -OCH3 is 1. The Hall–Kier alpha value is -2.61. The minimum Gasteiger partial charge on any atom is -0.493 e. The highest BCUT2D eigenvalue weighted by Crippen LogP contribution is 2.31. The van der Waals surface area contributed by atoms with E-state index in [1.165, 1.54) is 31.4 Å². The fourth-order valence-corrected chi connectivity index (χ4v) is 2.22. The van der Waals surface area contributed by atoms with Crippen molar-refractivity contribution >= 4 is 23.0 Å². The van der Waals surface area contributed by atoms with Gasteiger partial charge in [0.1, 0.15) is 0 Å². The lowest BCUT2D eigenvalue weighted by Crippen LogP contribution is -2.05. The van der Waals surface area contributed by atoms with E-state index in [0.717, 1.165) is 5.56 Å². The third kappa shape index (κ3) is 4.45. The molecule has 0 saturated carbocycles. The zero-order valence-corrected chi connectivity index (χ0v) is 13.2. The van der Waals surface area contributed by atoms with Crippen molar-refractivity contribution in [3.8, 4) is 11.5 Å². The molecule has 0 fully saturated rings. The van der Waals surface area contributed by atoms with Crippen molar-refractivity contribution in [2.75, 3.05) is 12.4 Å². The molecule has 0 amide bonds. The zero-order valence-electron chi connectivity index (χ0n) is 12.5. The molecule has 6 nitrogen and oxygen atoms in total. The summed E-state index contributed by atoms with van der Waals surface area (Å²) in [7, 11) is 1.35. The highest BCUT2D eigenvalue weighted by Gasteiger charge is 2.12. The maximum Gasteiger partial charge on any atom is 0.387 e. The summed E-state index contributed by atoms with van der Waals surface area (Å²) in [5.41, 5.74) is 1.12. The van der Waals surface area contributed by atoms with Gasteiger partial charge < -0.3 is 14.8 Å². The molecule has 0 radical (unpaired) electrons. The topological polar surface area (TPSA) is 73.6 Å². The Labute approximate surface area is 141 Å². The van der Waals surface area contributed by atoms with Crippen LogP contribution < -0.4 is 14.8 Å². The van der Waals surface area contributed by atoms with Crippen LogP contribution in [0.15, 0.2) is 36.4 Å². The quantitative estimate of drug-likeness (QED) is 0.584. The van der Waals surface area contributed by atoms with Crippen LogP contribution in [0.1, 0.15) is 5.56 Å². The number of rotatable bonds is 7. The smallest absolute Gasteiger partial charge is 0.387 e. The second-order valence-electron chi connectivity index (χ2n) is 4.64. The average Bonchev–Trinajstić information content (AvgIpc) is 2.54. The summed E-state index contributed by atoms with van der Waals surface area (Å²) in [6, 6.07) is 8.57. The molecule has 128 valence electrons. The van der Waals surface area contributed by atoms with Crippen molar-refractivity contribution in [3.63, 3.8) is 0 Å². The van der Waals surface area contributed by atoms with Crippen molar-refractivity contribution in [2.24, 2.45) is 0 Å². The second kappa shape index (κ2) is 7.78. The number of anilines is 1. The minimum absolute atomic E-state index is 0.0652. The Morgan fingerprint density at radius 3 is 2.58 bits per heavy atom. The van der Waals surface area contributed by atoms with Gasteiger partial charge in [0.2, 0.25) is 0 Å². The van der Waals surface area contributed by atoms with E-state index in [4.69, 9.17) is 16.3 Å². The van der Waals surface area contributed by atoms with E-state index in [9.17, 15) is 18.9 Å². The molecule has 0 atom stereocenters. The number of benzene rings is 2. The number of nitrogens with zero attached hydrogens (tertiary/aromatic N) is 1. The maximum absolute atomic E-state index is 12.3. The van der Waals surface area contributed by atoms with E-state index in [0.29, 0.717) is 12.2 Å². The highest BCUT2D eigenvalue weighted by atomic mass is 35.5. The molecule has 24 heavy (non-hydrogen) atoms. The molecule has 0 unspecified atom stereocenters. The molecule has 2 aromatic rings. The first-order valence-electron chi connectivity index (χ1n) is 6.70. The SMILES string of the molecule is COc1cc(CNc2ccc([N+](=O)[O-])cc2Cl)ccc1OC(F)F. The van der Waals surface area contributed by atoms with Gasteiger partial charge in [0, 0.05) is 18.7 Å². The van der Waals surface area contributed by atoms with Crippen LogP contribution in [0, 0.1) is 10.1 Å². The standard InChI is InChI=1S/C15H13ClF2N2O4/c1-23-14-6-9(2-5-13(14)24-15(17)18)8-19-12-4-3-10(20(21)22)7-11(12)16/h2-7,15,19H,8H2,1H3. The Morgan fingerprint density at radius 1 is 1.25 bits per heavy atom. The molecular formula is C15H13ClF2N2O4. The van der Waals surface area contributed by atoms with Crippen LogP contribution >= 0.6 is 11.6 Å². The zero-order chi connectivity index (χ0) is 17.7. The maximum atomic E-state index is 12.3. The summed E-state index contributed by atoms with van der Waals surface area (Å²) >= 11 is 5.99. The van der Waals surface area contributed by atoms with E-state index < -0.39 is 11.5 Å². The van der Waals surface area contributed by atoms with Crippen LogP contribution in [-0.4, -0.2) is 18.6 Å². The Kier molecular flexibility index (Phi) is 5.75. The molecule has 0 aromatic heterocycles. The number of halogens is 3. The van der Waals surface area contributed by atoms with Crippen molar-refractivity contribution in [2.45, 2.75) is 13.2 Å². The normalized spacial score (nSPS) is 10.5. The number of nitrogens with one attached hydrogen (secondary N) is 1. The number of non-ortho nitro benzene ring substituents is 1. The second-order valence-corrected chi connectivity index (χ2v) is 5.05. The van der Waals surface area contributed by atoms with Gasteiger partial charge >= 0.3 is 6.61 Å². The summed E-state index contributed by atoms with van der Waals surface area (Å²) in [5, 5.41) is 13.9. The van der Waals surface area contributed by atoms with Gasteiger partial charge in [-0.25, -0.2) is 0 Å². The molecule has 2 aromatic carbocycles. The van der Waals surface area contributed by atoms with Gasteiger partial charge in [0.25, 0.3) is 5.69 Å². The van der Waals surface area contributed by atoms with Crippen LogP contribution in [0.25, 0.3) is 0 Å². The van der Waals surface area contributed by atoms with Gasteiger partial charge in [0.15, 0.2) is 11.5 Å². The summed E-state index contributed by atoms with van der Waals surface area (Å²) in [6.45, 7) is -2.63. The van der Waals surface area contributed by atoms with Crippen LogP contribution in [0.3, 0.4) is 0 Å². The molecular weight excluding hydrogens is 346 g/mol. The fraction of sp³-hybridized carbons (Fsp3) is 0.200. The monoisotopic (exact) mass is 358 g/mol. The fourth-order valence-electron chi connectivity index (χ4n) is 1.97. The predicted molar refractivity (Wildman–Crippen MR) is 85.1 cm³/mol. The summed E-state index contributed by atoms with van der Waals surface area (Å²) < 4.78 is 33.9. The van der Waals surface area contributed by atoms with Gasteiger partial charge in [-0.05, 0) is 23.8 Å². The van der Waals surface area contributed by atoms with E-state index in [1.807, 2.05) is 0 Å². The van der Waals surface area contributed by atoms with Gasteiger partial charge in [-0.3, -0.25) is 10.1 Å². The van der Waals surface area contributed by atoms with Crippen LogP contribution in [-0.2, 0) is 6.54 Å². The Morgan fingerprint density at radius 2 is 2.00 bits per heavy atom. The number of nitro groups is 1. The number of alkyl halides is 2. The molecule has 0 saturated heterocycles. The summed E-state index contributed by atoms with van der Waals surface area (Å²) in [6.07, 6.45) is 0. The number of hydrogen-bond acceptors (Lipinski definition) is 5. The Balaban J connectivity index is 2.10. The predicted octanol–water partition coefficient (Wildman–Crippen LogP) is 4.47. The molecule has 0 bridgehead atoms. The lowest BCUT2D eigenvalue weighted by molar-refractivity contribution is -0.384. The average molecular weight is 359 g/mol. The van der Waals surface area contributed by atoms with Gasteiger partial charge in [-0.1, -0.05) is 17.7 Å². The first-order valence-corrected chi connectivity index (χ1v) is 7.08. The first-order chi connectivity index (χ1) is 11.4. The van der Waals surface area contributed by atoms with Crippen molar-refractivity contribution in [3.05, 3.63) is 57.1 Å². The first kappa shape index (κ1) is 17.7. The highest BCUT2D eigenvalue weighted by molar-refractivity contribution is 6.33. The van der Waals surface area contributed by atoms with Crippen LogP contribution in [0.4, 0.5) is 20.2 Å². The van der Waals surface area contributed by atoms with Gasteiger partial charge in [-0.15, -0.1) is 0 Å². The number of hydrogen-bond donors (Lipinski definition) is 1. The lowest BCUT2D eigenvalue weighted by atomic mass is 10.2. The Bertz CT molecular complexity index is 743. The van der Waals surface area contributed by atoms with Crippen molar-refractivity contribution < 1.29 is 23.2 Å². The number of ether oxygens (including phenoxy) is 2. The summed E-state index contributed by atoms with van der Waals surface area (Å²) in [4.78, 5) is 10.1. The van der Waals surface area contributed by atoms with E-state index >= 15 is 0 Å². The third-order valence-electron chi connectivity index (χ3n) is 3.09. The summed E-state index contributed by atoms with van der Waals surface area (Å²) in [5.74, 6) is 0.106. The van der Waals surface area contributed by atoms with E-state index in [-0.39, 0.29) is 22.2 Å². The molecule has 9 heteroatoms. The number of nitro benzene ring substituents is 1. The lowest BCUT2D eigenvalue weighted by Gasteiger charge is -2.13. The van der Waals surface area contributed by atoms with Crippen molar-refractivity contribution in [1.82, 2.24) is 0 Å². The molecule has 1 N–H and O–H groups in total. The molecule has 0 spiro atoms. The van der Waals surface area contributed by atoms with Crippen molar-refractivity contribution in [1.29, 1.82) is 0 Å². The molecule has 0 aliphatic heterocycles. The molecule has 0 aliphatic carbocycles. The molecule has 0 aliphatic rings. The van der Waals surface area contributed by atoms with E-state index in [2.05, 4.69) is 10.1 Å². The van der Waals surface area contributed by atoms with Crippen LogP contribution in [0.2, 0.25) is 5.02 Å². The van der Waals surface area contributed by atoms with Gasteiger partial charge in [-0.2, -0.15) is 8.78 Å². The molecule has 2 rings (SSSR count). The van der Waals surface area contributed by atoms with E-state index in [1.54, 1.807) is 12.1 Å². The molecule has 0 heterocycles. The largest absolute Gasteiger partial charge is 0.493 e. The third-order valence-corrected chi connectivity index (χ3v) is 3.40. The van der Waals surface area contributed by atoms with Crippen LogP contribution in [0.5, 0.6) is 11.5 Å².